The second-order valence-corrected chi connectivity index (χ2v) is 8.49. The first-order valence-corrected chi connectivity index (χ1v) is 9.97. The van der Waals surface area contributed by atoms with E-state index in [1.54, 1.807) is 20.8 Å². The Hall–Kier alpha value is -1.36. The van der Waals surface area contributed by atoms with Crippen molar-refractivity contribution in [3.8, 4) is 5.75 Å². The number of benzene rings is 1. The maximum absolute atomic E-state index is 11.8. The van der Waals surface area contributed by atoms with Crippen molar-refractivity contribution in [1.29, 1.82) is 0 Å². The van der Waals surface area contributed by atoms with E-state index in [0.717, 1.165) is 22.4 Å². The van der Waals surface area contributed by atoms with Gasteiger partial charge in [0.1, 0.15) is 5.75 Å². The van der Waals surface area contributed by atoms with E-state index in [2.05, 4.69) is 0 Å². The fourth-order valence-corrected chi connectivity index (χ4v) is 3.26. The molecular weight excluding hydrogens is 367 g/mol. The fraction of sp³-hybridized carbons (Fsp3) is 0.529. The number of carbonyl (C=O) groups is 2. The molecule has 0 saturated carbocycles. The molecule has 0 spiro atoms. The van der Waals surface area contributed by atoms with Crippen molar-refractivity contribution in [1.82, 2.24) is 0 Å². The Labute approximate surface area is 153 Å². The summed E-state index contributed by atoms with van der Waals surface area (Å²) in [7, 11) is -1.39. The van der Waals surface area contributed by atoms with E-state index in [4.69, 9.17) is 29.8 Å². The lowest BCUT2D eigenvalue weighted by molar-refractivity contribution is -0.173. The van der Waals surface area contributed by atoms with Crippen molar-refractivity contribution in [3.63, 3.8) is 0 Å². The van der Waals surface area contributed by atoms with Crippen LogP contribution >= 0.6 is 19.0 Å². The molecule has 0 aliphatic carbocycles. The molecule has 8 heteroatoms. The molecule has 1 unspecified atom stereocenters. The lowest BCUT2D eigenvalue weighted by Crippen LogP contribution is -2.24. The molecule has 0 N–H and O–H groups in total. The van der Waals surface area contributed by atoms with Gasteiger partial charge in [0.2, 0.25) is 6.79 Å². The number of hydrogen-bond acceptors (Lipinski definition) is 6. The Morgan fingerprint density at radius 3 is 2.68 bits per heavy atom. The van der Waals surface area contributed by atoms with Crippen molar-refractivity contribution in [2.45, 2.75) is 47.1 Å². The molecule has 1 aliphatic rings. The lowest BCUT2D eigenvalue weighted by atomic mass is 9.98. The molecule has 0 radical (unpaired) electrons. The van der Waals surface area contributed by atoms with Gasteiger partial charge < -0.3 is 18.5 Å². The minimum atomic E-state index is -1.39. The summed E-state index contributed by atoms with van der Waals surface area (Å²) >= 11 is 5.88. The van der Waals surface area contributed by atoms with Gasteiger partial charge in [-0.05, 0) is 62.5 Å². The van der Waals surface area contributed by atoms with Crippen LogP contribution < -0.4 is 4.52 Å². The molecule has 0 bridgehead atoms. The third kappa shape index (κ3) is 5.84. The average Bonchev–Trinajstić information content (AvgIpc) is 2.52. The minimum Gasteiger partial charge on any atom is -0.435 e. The zero-order valence-corrected chi connectivity index (χ0v) is 16.4. The van der Waals surface area contributed by atoms with Gasteiger partial charge in [-0.2, -0.15) is 0 Å². The van der Waals surface area contributed by atoms with Gasteiger partial charge in [-0.3, -0.25) is 9.59 Å². The second-order valence-electron chi connectivity index (χ2n) is 6.79. The van der Waals surface area contributed by atoms with E-state index in [0.29, 0.717) is 13.0 Å². The fourth-order valence-electron chi connectivity index (χ4n) is 2.21. The van der Waals surface area contributed by atoms with Gasteiger partial charge >= 0.3 is 19.7 Å². The zero-order valence-electron chi connectivity index (χ0n) is 14.8. The number of halogens is 1. The number of ether oxygens (including phenoxy) is 2. The predicted molar refractivity (Wildman–Crippen MR) is 94.2 cm³/mol. The molecule has 2 rings (SSSR count). The number of aryl methyl sites for hydroxylation is 2. The SMILES string of the molecule is Cc1cc(CCC(=O)OCOC(=O)C(C)(C)C)cc2c1OP(Cl)OC2. The Balaban J connectivity index is 1.82. The molecule has 1 aromatic carbocycles. The number of fused-ring (bicyclic) bond motifs is 1. The van der Waals surface area contributed by atoms with Crippen LogP contribution in [0.1, 0.15) is 43.9 Å². The number of esters is 2. The van der Waals surface area contributed by atoms with Crippen LogP contribution in [-0.2, 0) is 36.6 Å². The second kappa shape index (κ2) is 8.35. The summed E-state index contributed by atoms with van der Waals surface area (Å²) < 4.78 is 20.7. The normalized spacial score (nSPS) is 16.6. The molecule has 0 aromatic heterocycles. The van der Waals surface area contributed by atoms with Crippen LogP contribution in [0.3, 0.4) is 0 Å². The maximum Gasteiger partial charge on any atom is 0.338 e. The van der Waals surface area contributed by atoms with Crippen LogP contribution in [0.4, 0.5) is 0 Å². The summed E-state index contributed by atoms with van der Waals surface area (Å²) in [6.07, 6.45) is 0.699. The molecular formula is C17H22ClO6P. The molecule has 0 amide bonds. The van der Waals surface area contributed by atoms with Crippen molar-refractivity contribution in [2.24, 2.45) is 5.41 Å². The van der Waals surface area contributed by atoms with Crippen LogP contribution in [0.5, 0.6) is 5.75 Å². The van der Waals surface area contributed by atoms with Gasteiger partial charge in [0.05, 0.1) is 12.0 Å². The van der Waals surface area contributed by atoms with Gasteiger partial charge in [-0.1, -0.05) is 6.07 Å². The first-order chi connectivity index (χ1) is 11.7. The molecule has 1 aliphatic heterocycles. The van der Waals surface area contributed by atoms with Crippen LogP contribution in [-0.4, -0.2) is 18.7 Å². The van der Waals surface area contributed by atoms with E-state index in [9.17, 15) is 9.59 Å². The van der Waals surface area contributed by atoms with Gasteiger partial charge in [0.15, 0.2) is 0 Å². The summed E-state index contributed by atoms with van der Waals surface area (Å²) in [6.45, 7) is 7.16. The largest absolute Gasteiger partial charge is 0.435 e. The van der Waals surface area contributed by atoms with Crippen molar-refractivity contribution in [2.75, 3.05) is 6.79 Å². The topological polar surface area (TPSA) is 71.1 Å². The molecule has 1 atom stereocenters. The molecule has 0 fully saturated rings. The number of rotatable bonds is 5. The highest BCUT2D eigenvalue weighted by atomic mass is 35.7. The number of carbonyl (C=O) groups excluding carboxylic acids is 2. The van der Waals surface area contributed by atoms with E-state index in [1.165, 1.54) is 0 Å². The van der Waals surface area contributed by atoms with Gasteiger partial charge in [0.25, 0.3) is 0 Å². The van der Waals surface area contributed by atoms with Gasteiger partial charge in [0, 0.05) is 12.0 Å². The van der Waals surface area contributed by atoms with Crippen LogP contribution in [0, 0.1) is 12.3 Å². The molecule has 1 heterocycles. The summed E-state index contributed by atoms with van der Waals surface area (Å²) in [5.41, 5.74) is 2.23. The Morgan fingerprint density at radius 1 is 1.28 bits per heavy atom. The summed E-state index contributed by atoms with van der Waals surface area (Å²) in [6, 6.07) is 3.89. The highest BCUT2D eigenvalue weighted by Crippen LogP contribution is 2.51. The third-order valence-electron chi connectivity index (χ3n) is 3.54. The average molecular weight is 389 g/mol. The maximum atomic E-state index is 11.8. The van der Waals surface area contributed by atoms with Gasteiger partial charge in [-0.15, -0.1) is 0 Å². The first kappa shape index (κ1) is 20.0. The number of hydrogen-bond donors (Lipinski definition) is 0. The van der Waals surface area contributed by atoms with Crippen LogP contribution in [0.2, 0.25) is 0 Å². The first-order valence-electron chi connectivity index (χ1n) is 7.89. The quantitative estimate of drug-likeness (QED) is 0.423. The standard InChI is InChI=1S/C17H22ClO6P/c1-11-7-12(8-13-9-23-25(18)24-15(11)13)5-6-14(19)21-10-22-16(20)17(2,3)4/h7-8H,5-6,9-10H2,1-4H3. The minimum absolute atomic E-state index is 0.190. The summed E-state index contributed by atoms with van der Waals surface area (Å²) in [5, 5.41) is 0. The van der Waals surface area contributed by atoms with Crippen molar-refractivity contribution < 1.29 is 28.1 Å². The third-order valence-corrected chi connectivity index (χ3v) is 4.69. The Kier molecular flexibility index (Phi) is 6.66. The predicted octanol–water partition coefficient (Wildman–Crippen LogP) is 4.39. The molecule has 25 heavy (non-hydrogen) atoms. The molecule has 0 saturated heterocycles. The highest BCUT2D eigenvalue weighted by molar-refractivity contribution is 7.76. The van der Waals surface area contributed by atoms with Gasteiger partial charge in [-0.25, -0.2) is 0 Å². The zero-order chi connectivity index (χ0) is 18.6. The smallest absolute Gasteiger partial charge is 0.338 e. The van der Waals surface area contributed by atoms with E-state index >= 15 is 0 Å². The molecule has 138 valence electrons. The molecule has 6 nitrogen and oxygen atoms in total. The van der Waals surface area contributed by atoms with E-state index < -0.39 is 25.1 Å². The molecule has 1 aromatic rings. The van der Waals surface area contributed by atoms with Crippen LogP contribution in [0.15, 0.2) is 12.1 Å². The van der Waals surface area contributed by atoms with E-state index in [-0.39, 0.29) is 13.2 Å². The summed E-state index contributed by atoms with van der Waals surface area (Å²) in [4.78, 5) is 23.4. The van der Waals surface area contributed by atoms with Crippen LogP contribution in [0.25, 0.3) is 0 Å². The summed E-state index contributed by atoms with van der Waals surface area (Å²) in [5.74, 6) is -0.0773. The Bertz CT molecular complexity index is 655. The highest BCUT2D eigenvalue weighted by Gasteiger charge is 2.24. The lowest BCUT2D eigenvalue weighted by Gasteiger charge is -2.23. The van der Waals surface area contributed by atoms with E-state index in [1.807, 2.05) is 19.1 Å². The Morgan fingerprint density at radius 2 is 2.00 bits per heavy atom. The van der Waals surface area contributed by atoms with Crippen molar-refractivity contribution in [3.05, 3.63) is 28.8 Å². The van der Waals surface area contributed by atoms with Crippen molar-refractivity contribution >= 4 is 30.9 Å². The monoisotopic (exact) mass is 388 g/mol.